The van der Waals surface area contributed by atoms with Crippen LogP contribution in [0.4, 0.5) is 10.5 Å². The van der Waals surface area contributed by atoms with Gasteiger partial charge in [0, 0.05) is 49.3 Å². The third-order valence-electron chi connectivity index (χ3n) is 5.17. The number of cyclic esters (lactones) is 1. The minimum atomic E-state index is -0.454. The first-order chi connectivity index (χ1) is 11.8. The van der Waals surface area contributed by atoms with Crippen molar-refractivity contribution in [1.29, 1.82) is 0 Å². The zero-order valence-corrected chi connectivity index (χ0v) is 14.9. The Labute approximate surface area is 147 Å². The van der Waals surface area contributed by atoms with Crippen molar-refractivity contribution in [1.82, 2.24) is 4.90 Å². The molecule has 0 radical (unpaired) electrons. The third-order valence-corrected chi connectivity index (χ3v) is 5.17. The first kappa shape index (κ1) is 16.2. The summed E-state index contributed by atoms with van der Waals surface area (Å²) in [4.78, 5) is 28.0. The van der Waals surface area contributed by atoms with Gasteiger partial charge in [0.05, 0.1) is 5.56 Å². The van der Waals surface area contributed by atoms with Gasteiger partial charge in [0.15, 0.2) is 0 Å². The Bertz CT molecular complexity index is 711. The molecule has 2 fully saturated rings. The van der Waals surface area contributed by atoms with E-state index in [0.717, 1.165) is 37.4 Å². The van der Waals surface area contributed by atoms with Crippen LogP contribution in [0, 0.1) is 11.8 Å². The molecule has 25 heavy (non-hydrogen) atoms. The lowest BCUT2D eigenvalue weighted by atomic mass is 10.0. The van der Waals surface area contributed by atoms with Crippen LogP contribution in [0.5, 0.6) is 0 Å². The van der Waals surface area contributed by atoms with Gasteiger partial charge in [-0.05, 0) is 39.0 Å². The van der Waals surface area contributed by atoms with E-state index in [1.807, 2.05) is 37.8 Å². The molecule has 6 nitrogen and oxygen atoms in total. The Balaban J connectivity index is 1.40. The van der Waals surface area contributed by atoms with Crippen molar-refractivity contribution in [2.24, 2.45) is 11.8 Å². The Hall–Kier alpha value is -2.24. The lowest BCUT2D eigenvalue weighted by Gasteiger charge is -2.26. The zero-order chi connectivity index (χ0) is 17.8. The standard InChI is InChI=1S/C19H24N2O4/c1-19(2,3)25-18(23)21-9-13-7-20(8-14(13)10-21)15-4-5-16-12(6-15)11-24-17(16)22/h4-6,13-14H,7-11H2,1-3H3. The number of benzene rings is 1. The molecule has 1 aromatic carbocycles. The number of hydrogen-bond acceptors (Lipinski definition) is 5. The molecule has 0 N–H and O–H groups in total. The lowest BCUT2D eigenvalue weighted by Crippen LogP contribution is -2.37. The van der Waals surface area contributed by atoms with Crippen LogP contribution < -0.4 is 4.90 Å². The molecule has 3 aliphatic rings. The average Bonchev–Trinajstić information content (AvgIpc) is 3.18. The van der Waals surface area contributed by atoms with Crippen LogP contribution in [0.1, 0.15) is 36.7 Å². The maximum absolute atomic E-state index is 12.2. The van der Waals surface area contributed by atoms with Crippen LogP contribution in [0.15, 0.2) is 18.2 Å². The molecular weight excluding hydrogens is 320 g/mol. The summed E-state index contributed by atoms with van der Waals surface area (Å²) in [6.45, 7) is 9.42. The fourth-order valence-corrected chi connectivity index (χ4v) is 4.00. The Morgan fingerprint density at radius 1 is 1.16 bits per heavy atom. The van der Waals surface area contributed by atoms with E-state index in [1.54, 1.807) is 0 Å². The molecule has 2 saturated heterocycles. The first-order valence-corrected chi connectivity index (χ1v) is 8.83. The van der Waals surface area contributed by atoms with E-state index in [2.05, 4.69) is 11.0 Å². The summed E-state index contributed by atoms with van der Waals surface area (Å²) >= 11 is 0. The Morgan fingerprint density at radius 2 is 1.84 bits per heavy atom. The van der Waals surface area contributed by atoms with Gasteiger partial charge in [-0.3, -0.25) is 0 Å². The van der Waals surface area contributed by atoms with Gasteiger partial charge in [0.2, 0.25) is 0 Å². The van der Waals surface area contributed by atoms with Crippen LogP contribution in [0.2, 0.25) is 0 Å². The summed E-state index contributed by atoms with van der Waals surface area (Å²) < 4.78 is 10.6. The Morgan fingerprint density at radius 3 is 2.48 bits per heavy atom. The number of nitrogens with zero attached hydrogens (tertiary/aromatic N) is 2. The van der Waals surface area contributed by atoms with Crippen LogP contribution in [-0.2, 0) is 16.1 Å². The normalized spacial score (nSPS) is 25.0. The number of amides is 1. The molecule has 3 heterocycles. The van der Waals surface area contributed by atoms with Gasteiger partial charge in [-0.15, -0.1) is 0 Å². The molecule has 0 saturated carbocycles. The average molecular weight is 344 g/mol. The van der Waals surface area contributed by atoms with E-state index >= 15 is 0 Å². The molecule has 2 atom stereocenters. The quantitative estimate of drug-likeness (QED) is 0.733. The second kappa shape index (κ2) is 5.64. The second-order valence-corrected chi connectivity index (χ2v) is 8.23. The largest absolute Gasteiger partial charge is 0.457 e. The van der Waals surface area contributed by atoms with E-state index in [1.165, 1.54) is 0 Å². The van der Waals surface area contributed by atoms with Gasteiger partial charge in [-0.1, -0.05) is 0 Å². The van der Waals surface area contributed by atoms with E-state index in [9.17, 15) is 9.59 Å². The predicted octanol–water partition coefficient (Wildman–Crippen LogP) is 2.66. The number of likely N-dealkylation sites (tertiary alicyclic amines) is 1. The topological polar surface area (TPSA) is 59.1 Å². The monoisotopic (exact) mass is 344 g/mol. The minimum Gasteiger partial charge on any atom is -0.457 e. The van der Waals surface area contributed by atoms with Gasteiger partial charge in [0.1, 0.15) is 12.2 Å². The van der Waals surface area contributed by atoms with Crippen LogP contribution in [0.3, 0.4) is 0 Å². The molecule has 0 bridgehead atoms. The predicted molar refractivity (Wildman–Crippen MR) is 92.6 cm³/mol. The third kappa shape index (κ3) is 3.05. The van der Waals surface area contributed by atoms with Crippen LogP contribution >= 0.6 is 0 Å². The number of carbonyl (C=O) groups is 2. The van der Waals surface area contributed by atoms with Crippen molar-refractivity contribution in [2.45, 2.75) is 33.0 Å². The van der Waals surface area contributed by atoms with Crippen molar-refractivity contribution in [3.63, 3.8) is 0 Å². The van der Waals surface area contributed by atoms with Gasteiger partial charge < -0.3 is 19.3 Å². The summed E-state index contributed by atoms with van der Waals surface area (Å²) in [7, 11) is 0. The molecular formula is C19H24N2O4. The number of rotatable bonds is 1. The molecule has 134 valence electrons. The van der Waals surface area contributed by atoms with Crippen molar-refractivity contribution in [3.8, 4) is 0 Å². The fraction of sp³-hybridized carbons (Fsp3) is 0.579. The van der Waals surface area contributed by atoms with Crippen molar-refractivity contribution < 1.29 is 19.1 Å². The van der Waals surface area contributed by atoms with E-state index < -0.39 is 5.60 Å². The van der Waals surface area contributed by atoms with Gasteiger partial charge in [-0.25, -0.2) is 9.59 Å². The fourth-order valence-electron chi connectivity index (χ4n) is 4.00. The maximum Gasteiger partial charge on any atom is 0.410 e. The molecule has 3 aliphatic heterocycles. The molecule has 2 unspecified atom stereocenters. The number of carbonyl (C=O) groups excluding carboxylic acids is 2. The molecule has 0 aliphatic carbocycles. The second-order valence-electron chi connectivity index (χ2n) is 8.23. The van der Waals surface area contributed by atoms with E-state index in [0.29, 0.717) is 24.0 Å². The molecule has 1 amide bonds. The highest BCUT2D eigenvalue weighted by atomic mass is 16.6. The minimum absolute atomic E-state index is 0.207. The number of ether oxygens (including phenoxy) is 2. The Kier molecular flexibility index (Phi) is 3.67. The molecule has 1 aromatic rings. The molecule has 0 spiro atoms. The zero-order valence-electron chi connectivity index (χ0n) is 14.9. The highest BCUT2D eigenvalue weighted by Gasteiger charge is 2.43. The summed E-state index contributed by atoms with van der Waals surface area (Å²) in [6.07, 6.45) is -0.207. The molecule has 6 heteroatoms. The van der Waals surface area contributed by atoms with Gasteiger partial charge in [0.25, 0.3) is 0 Å². The molecule has 4 rings (SSSR count). The molecule has 0 aromatic heterocycles. The smallest absolute Gasteiger partial charge is 0.410 e. The number of fused-ring (bicyclic) bond motifs is 2. The number of esters is 1. The lowest BCUT2D eigenvalue weighted by molar-refractivity contribution is 0.0282. The maximum atomic E-state index is 12.2. The summed E-state index contributed by atoms with van der Waals surface area (Å²) in [5.41, 5.74) is 2.33. The number of anilines is 1. The van der Waals surface area contributed by atoms with Crippen LogP contribution in [0.25, 0.3) is 0 Å². The van der Waals surface area contributed by atoms with Gasteiger partial charge in [-0.2, -0.15) is 0 Å². The highest BCUT2D eigenvalue weighted by molar-refractivity contribution is 5.93. The summed E-state index contributed by atoms with van der Waals surface area (Å²) in [5.74, 6) is 0.713. The van der Waals surface area contributed by atoms with Gasteiger partial charge >= 0.3 is 12.1 Å². The van der Waals surface area contributed by atoms with Crippen molar-refractivity contribution in [3.05, 3.63) is 29.3 Å². The SMILES string of the molecule is CC(C)(C)OC(=O)N1CC2CN(c3ccc4c(c3)COC4=O)CC2C1. The summed E-state index contributed by atoms with van der Waals surface area (Å²) in [6, 6.07) is 5.92. The van der Waals surface area contributed by atoms with Crippen LogP contribution in [-0.4, -0.2) is 48.7 Å². The van der Waals surface area contributed by atoms with Crippen molar-refractivity contribution >= 4 is 17.7 Å². The highest BCUT2D eigenvalue weighted by Crippen LogP contribution is 2.36. The van der Waals surface area contributed by atoms with E-state index in [4.69, 9.17) is 9.47 Å². The summed E-state index contributed by atoms with van der Waals surface area (Å²) in [5, 5.41) is 0. The number of hydrogen-bond donors (Lipinski definition) is 0. The first-order valence-electron chi connectivity index (χ1n) is 8.83. The van der Waals surface area contributed by atoms with E-state index in [-0.39, 0.29) is 12.1 Å². The van der Waals surface area contributed by atoms with Crippen molar-refractivity contribution in [2.75, 3.05) is 31.1 Å².